The molecular formula is C12H12ClFN2O3. The molecule has 5 nitrogen and oxygen atoms in total. The fourth-order valence-electron chi connectivity index (χ4n) is 1.93. The number of hydrogen-bond acceptors (Lipinski definition) is 2. The molecule has 0 radical (unpaired) electrons. The number of amides is 2. The molecule has 2 rings (SSSR count). The van der Waals surface area contributed by atoms with Crippen LogP contribution in [0.15, 0.2) is 18.2 Å². The summed E-state index contributed by atoms with van der Waals surface area (Å²) >= 11 is 5.83. The second kappa shape index (κ2) is 5.44. The summed E-state index contributed by atoms with van der Waals surface area (Å²) in [6.45, 7) is 0.504. The van der Waals surface area contributed by atoms with E-state index in [-0.39, 0.29) is 17.3 Å². The number of nitrogens with one attached hydrogen (secondary N) is 1. The predicted octanol–water partition coefficient (Wildman–Crippen LogP) is 2.42. The maximum Gasteiger partial charge on any atom is 0.321 e. The largest absolute Gasteiger partial charge is 0.481 e. The molecular weight excluding hydrogens is 275 g/mol. The Bertz CT molecular complexity index is 524. The number of benzene rings is 1. The van der Waals surface area contributed by atoms with Crippen molar-refractivity contribution in [3.05, 3.63) is 29.0 Å². The van der Waals surface area contributed by atoms with Gasteiger partial charge in [0.2, 0.25) is 0 Å². The maximum absolute atomic E-state index is 13.0. The Morgan fingerprint density at radius 3 is 2.84 bits per heavy atom. The highest BCUT2D eigenvalue weighted by Crippen LogP contribution is 2.24. The van der Waals surface area contributed by atoms with Gasteiger partial charge < -0.3 is 15.3 Å². The first-order chi connectivity index (χ1) is 8.97. The summed E-state index contributed by atoms with van der Waals surface area (Å²) in [6.07, 6.45) is 0.416. The smallest absolute Gasteiger partial charge is 0.321 e. The molecule has 0 bridgehead atoms. The van der Waals surface area contributed by atoms with Gasteiger partial charge in [-0.1, -0.05) is 11.6 Å². The molecule has 1 heterocycles. The number of anilines is 1. The van der Waals surface area contributed by atoms with Crippen LogP contribution in [0.1, 0.15) is 6.42 Å². The first-order valence-electron chi connectivity index (χ1n) is 5.71. The minimum Gasteiger partial charge on any atom is -0.481 e. The normalized spacial score (nSPS) is 18.4. The number of rotatable bonds is 2. The fourth-order valence-corrected chi connectivity index (χ4v) is 2.10. The maximum atomic E-state index is 13.0. The molecule has 0 aromatic heterocycles. The van der Waals surface area contributed by atoms with Gasteiger partial charge in [0.25, 0.3) is 0 Å². The Labute approximate surface area is 114 Å². The van der Waals surface area contributed by atoms with Crippen LogP contribution >= 0.6 is 11.6 Å². The minimum atomic E-state index is -0.918. The molecule has 102 valence electrons. The van der Waals surface area contributed by atoms with E-state index in [1.54, 1.807) is 0 Å². The van der Waals surface area contributed by atoms with Gasteiger partial charge in [-0.2, -0.15) is 0 Å². The van der Waals surface area contributed by atoms with Crippen LogP contribution in [0.3, 0.4) is 0 Å². The van der Waals surface area contributed by atoms with E-state index in [9.17, 15) is 14.0 Å². The lowest BCUT2D eigenvalue weighted by Gasteiger charge is -2.17. The lowest BCUT2D eigenvalue weighted by Crippen LogP contribution is -2.33. The van der Waals surface area contributed by atoms with Gasteiger partial charge in [-0.3, -0.25) is 4.79 Å². The highest BCUT2D eigenvalue weighted by atomic mass is 35.5. The summed E-state index contributed by atoms with van der Waals surface area (Å²) in [7, 11) is 0. The van der Waals surface area contributed by atoms with Gasteiger partial charge in [-0.25, -0.2) is 9.18 Å². The Balaban J connectivity index is 2.02. The summed E-state index contributed by atoms with van der Waals surface area (Å²) in [5.74, 6) is -1.97. The lowest BCUT2D eigenvalue weighted by molar-refractivity contribution is -0.141. The lowest BCUT2D eigenvalue weighted by atomic mass is 10.1. The van der Waals surface area contributed by atoms with E-state index in [1.807, 2.05) is 0 Å². The van der Waals surface area contributed by atoms with E-state index in [2.05, 4.69) is 5.32 Å². The van der Waals surface area contributed by atoms with E-state index in [1.165, 1.54) is 17.0 Å². The summed E-state index contributed by atoms with van der Waals surface area (Å²) in [6, 6.07) is 3.17. The van der Waals surface area contributed by atoms with Crippen LogP contribution in [0.5, 0.6) is 0 Å². The Morgan fingerprint density at radius 2 is 2.21 bits per heavy atom. The number of aliphatic carboxylic acids is 1. The van der Waals surface area contributed by atoms with E-state index in [0.29, 0.717) is 13.0 Å². The zero-order chi connectivity index (χ0) is 14.0. The quantitative estimate of drug-likeness (QED) is 0.877. The molecule has 1 atom stereocenters. The second-order valence-electron chi connectivity index (χ2n) is 4.32. The number of halogens is 2. The summed E-state index contributed by atoms with van der Waals surface area (Å²) < 4.78 is 13.0. The van der Waals surface area contributed by atoms with Crippen molar-refractivity contribution in [2.45, 2.75) is 6.42 Å². The molecule has 7 heteroatoms. The molecule has 1 aliphatic rings. The average Bonchev–Trinajstić information content (AvgIpc) is 2.83. The van der Waals surface area contributed by atoms with E-state index in [4.69, 9.17) is 16.7 Å². The van der Waals surface area contributed by atoms with Crippen LogP contribution in [0, 0.1) is 11.7 Å². The third kappa shape index (κ3) is 3.14. The molecule has 0 saturated carbocycles. The average molecular weight is 287 g/mol. The van der Waals surface area contributed by atoms with Gasteiger partial charge in [0, 0.05) is 13.1 Å². The first-order valence-corrected chi connectivity index (χ1v) is 6.09. The van der Waals surface area contributed by atoms with Crippen molar-refractivity contribution < 1.29 is 19.1 Å². The number of carbonyl (C=O) groups is 2. The molecule has 1 unspecified atom stereocenters. The number of carboxylic acids is 1. The van der Waals surface area contributed by atoms with Crippen LogP contribution < -0.4 is 5.32 Å². The Kier molecular flexibility index (Phi) is 3.90. The van der Waals surface area contributed by atoms with Gasteiger partial charge in [0.15, 0.2) is 0 Å². The molecule has 0 aliphatic carbocycles. The monoisotopic (exact) mass is 286 g/mol. The van der Waals surface area contributed by atoms with Crippen LogP contribution in [-0.4, -0.2) is 35.1 Å². The zero-order valence-electron chi connectivity index (χ0n) is 9.90. The number of nitrogens with zero attached hydrogens (tertiary/aromatic N) is 1. The van der Waals surface area contributed by atoms with Crippen molar-refractivity contribution in [1.29, 1.82) is 0 Å². The molecule has 1 aromatic rings. The SMILES string of the molecule is O=C(O)C1CCN(C(=O)Nc2cc(F)ccc2Cl)C1. The molecule has 2 N–H and O–H groups in total. The van der Waals surface area contributed by atoms with E-state index < -0.39 is 23.7 Å². The summed E-state index contributed by atoms with van der Waals surface area (Å²) in [4.78, 5) is 24.1. The van der Waals surface area contributed by atoms with Crippen molar-refractivity contribution in [2.24, 2.45) is 5.92 Å². The van der Waals surface area contributed by atoms with E-state index in [0.717, 1.165) is 6.07 Å². The van der Waals surface area contributed by atoms with Gasteiger partial charge in [-0.05, 0) is 24.6 Å². The molecule has 1 aromatic carbocycles. The number of carboxylic acid groups (broad SMARTS) is 1. The number of urea groups is 1. The zero-order valence-corrected chi connectivity index (χ0v) is 10.7. The molecule has 1 fully saturated rings. The fraction of sp³-hybridized carbons (Fsp3) is 0.333. The molecule has 2 amide bonds. The van der Waals surface area contributed by atoms with Crippen molar-refractivity contribution in [3.63, 3.8) is 0 Å². The number of hydrogen-bond donors (Lipinski definition) is 2. The van der Waals surface area contributed by atoms with Gasteiger partial charge in [0.1, 0.15) is 5.82 Å². The summed E-state index contributed by atoms with van der Waals surface area (Å²) in [5, 5.41) is 11.6. The van der Waals surface area contributed by atoms with Crippen LogP contribution in [-0.2, 0) is 4.79 Å². The second-order valence-corrected chi connectivity index (χ2v) is 4.73. The van der Waals surface area contributed by atoms with Gasteiger partial charge in [0.05, 0.1) is 16.6 Å². The van der Waals surface area contributed by atoms with Crippen molar-refractivity contribution >= 4 is 29.3 Å². The third-order valence-electron chi connectivity index (χ3n) is 2.99. The molecule has 1 aliphatic heterocycles. The number of carbonyl (C=O) groups excluding carboxylic acids is 1. The third-order valence-corrected chi connectivity index (χ3v) is 3.32. The molecule has 19 heavy (non-hydrogen) atoms. The molecule has 1 saturated heterocycles. The highest BCUT2D eigenvalue weighted by Gasteiger charge is 2.31. The highest BCUT2D eigenvalue weighted by molar-refractivity contribution is 6.33. The van der Waals surface area contributed by atoms with Crippen molar-refractivity contribution in [1.82, 2.24) is 4.90 Å². The summed E-state index contributed by atoms with van der Waals surface area (Å²) in [5.41, 5.74) is 0.172. The van der Waals surface area contributed by atoms with Crippen LogP contribution in [0.25, 0.3) is 0 Å². The standard InChI is InChI=1S/C12H12ClFN2O3/c13-9-2-1-8(14)5-10(9)15-12(19)16-4-3-7(6-16)11(17)18/h1-2,5,7H,3-4,6H2,(H,15,19)(H,17,18). The number of likely N-dealkylation sites (tertiary alicyclic amines) is 1. The van der Waals surface area contributed by atoms with Crippen molar-refractivity contribution in [2.75, 3.05) is 18.4 Å². The topological polar surface area (TPSA) is 69.6 Å². The predicted molar refractivity (Wildman–Crippen MR) is 67.7 cm³/mol. The first kappa shape index (κ1) is 13.6. The van der Waals surface area contributed by atoms with Crippen LogP contribution in [0.2, 0.25) is 5.02 Å². The Hall–Kier alpha value is -1.82. The minimum absolute atomic E-state index is 0.147. The van der Waals surface area contributed by atoms with Crippen LogP contribution in [0.4, 0.5) is 14.9 Å². The van der Waals surface area contributed by atoms with Gasteiger partial charge >= 0.3 is 12.0 Å². The van der Waals surface area contributed by atoms with E-state index >= 15 is 0 Å². The Morgan fingerprint density at radius 1 is 1.47 bits per heavy atom. The van der Waals surface area contributed by atoms with Crippen molar-refractivity contribution in [3.8, 4) is 0 Å². The molecule has 0 spiro atoms. The van der Waals surface area contributed by atoms with Gasteiger partial charge in [-0.15, -0.1) is 0 Å².